The first-order valence-electron chi connectivity index (χ1n) is 7.94. The van der Waals surface area contributed by atoms with Crippen molar-refractivity contribution >= 4 is 11.2 Å². The molecule has 0 aliphatic heterocycles. The van der Waals surface area contributed by atoms with E-state index in [9.17, 15) is 9.90 Å². The van der Waals surface area contributed by atoms with Gasteiger partial charge in [0, 0.05) is 18.9 Å². The molecule has 0 saturated carbocycles. The number of imidazole rings is 1. The Bertz CT molecular complexity index is 857. The molecule has 7 nitrogen and oxygen atoms in total. The summed E-state index contributed by atoms with van der Waals surface area (Å²) in [5.41, 5.74) is 1.43. The maximum Gasteiger partial charge on any atom is 0.281 e. The molecule has 3 aromatic rings. The molecule has 1 N–H and O–H groups in total. The van der Waals surface area contributed by atoms with Crippen molar-refractivity contribution in [3.63, 3.8) is 0 Å². The summed E-state index contributed by atoms with van der Waals surface area (Å²) in [7, 11) is 0. The molecule has 0 radical (unpaired) electrons. The average molecular weight is 328 g/mol. The third-order valence-electron chi connectivity index (χ3n) is 3.77. The summed E-state index contributed by atoms with van der Waals surface area (Å²) in [6.45, 7) is 3.15. The highest BCUT2D eigenvalue weighted by atomic mass is 16.5. The third-order valence-corrected chi connectivity index (χ3v) is 3.77. The fourth-order valence-corrected chi connectivity index (χ4v) is 2.52. The number of aliphatic hydroxyl groups is 1. The van der Waals surface area contributed by atoms with Gasteiger partial charge in [-0.15, -0.1) is 0 Å². The highest BCUT2D eigenvalue weighted by Gasteiger charge is 2.13. The number of benzene rings is 1. The first kappa shape index (κ1) is 16.4. The van der Waals surface area contributed by atoms with Crippen LogP contribution in [0.5, 0.6) is 0 Å². The van der Waals surface area contributed by atoms with Crippen LogP contribution in [0.1, 0.15) is 13.3 Å². The molecule has 0 aliphatic rings. The molecule has 1 unspecified atom stereocenters. The van der Waals surface area contributed by atoms with E-state index in [0.29, 0.717) is 30.8 Å². The second-order valence-corrected chi connectivity index (χ2v) is 5.46. The Kier molecular flexibility index (Phi) is 5.02. The number of aromatic nitrogens is 4. The zero-order valence-electron chi connectivity index (χ0n) is 13.5. The van der Waals surface area contributed by atoms with Gasteiger partial charge in [0.15, 0.2) is 11.2 Å². The Morgan fingerprint density at radius 2 is 2.00 bits per heavy atom. The molecule has 1 aromatic carbocycles. The Morgan fingerprint density at radius 1 is 1.21 bits per heavy atom. The van der Waals surface area contributed by atoms with Crippen LogP contribution in [-0.2, 0) is 11.3 Å². The van der Waals surface area contributed by atoms with Crippen molar-refractivity contribution in [3.05, 3.63) is 53.3 Å². The second-order valence-electron chi connectivity index (χ2n) is 5.46. The Morgan fingerprint density at radius 3 is 2.75 bits per heavy atom. The zero-order valence-corrected chi connectivity index (χ0v) is 13.5. The quantitative estimate of drug-likeness (QED) is 0.662. The van der Waals surface area contributed by atoms with Gasteiger partial charge in [-0.25, -0.2) is 9.97 Å². The van der Waals surface area contributed by atoms with Crippen LogP contribution in [0, 0.1) is 0 Å². The summed E-state index contributed by atoms with van der Waals surface area (Å²) in [5, 5.41) is 10.0. The Balaban J connectivity index is 1.86. The highest BCUT2D eigenvalue weighted by molar-refractivity contribution is 5.71. The summed E-state index contributed by atoms with van der Waals surface area (Å²) < 4.78 is 8.38. The lowest BCUT2D eigenvalue weighted by atomic mass is 10.2. The number of para-hydroxylation sites is 1. The molecule has 7 heteroatoms. The van der Waals surface area contributed by atoms with Crippen LogP contribution in [0.25, 0.3) is 16.9 Å². The van der Waals surface area contributed by atoms with Crippen LogP contribution in [0.4, 0.5) is 0 Å². The molecule has 0 aliphatic carbocycles. The highest BCUT2D eigenvalue weighted by Crippen LogP contribution is 2.13. The number of hydrogen-bond acceptors (Lipinski definition) is 5. The maximum absolute atomic E-state index is 12.5. The fourth-order valence-electron chi connectivity index (χ4n) is 2.52. The molecule has 3 rings (SSSR count). The predicted molar refractivity (Wildman–Crippen MR) is 90.2 cm³/mol. The van der Waals surface area contributed by atoms with E-state index in [2.05, 4.69) is 9.97 Å². The number of nitrogens with zero attached hydrogens (tertiary/aromatic N) is 4. The molecule has 0 bridgehead atoms. The lowest BCUT2D eigenvalue weighted by Gasteiger charge is -2.12. The lowest BCUT2D eigenvalue weighted by Crippen LogP contribution is -2.28. The summed E-state index contributed by atoms with van der Waals surface area (Å²) in [6.07, 6.45) is 2.85. The van der Waals surface area contributed by atoms with Crippen LogP contribution in [-0.4, -0.2) is 43.5 Å². The van der Waals surface area contributed by atoms with E-state index < -0.39 is 6.10 Å². The molecule has 24 heavy (non-hydrogen) atoms. The minimum absolute atomic E-state index is 0.174. The Hall–Kier alpha value is -2.51. The summed E-state index contributed by atoms with van der Waals surface area (Å²) in [5.74, 6) is 0. The van der Waals surface area contributed by atoms with E-state index >= 15 is 0 Å². The number of aliphatic hydroxyl groups excluding tert-OH is 1. The van der Waals surface area contributed by atoms with Gasteiger partial charge in [0.25, 0.3) is 5.56 Å². The number of fused-ring (bicyclic) bond motifs is 1. The Labute approximate surface area is 139 Å². The molecular formula is C17H20N4O3. The van der Waals surface area contributed by atoms with E-state index in [1.54, 1.807) is 10.9 Å². The largest absolute Gasteiger partial charge is 0.391 e. The van der Waals surface area contributed by atoms with Crippen molar-refractivity contribution in [2.75, 3.05) is 13.2 Å². The van der Waals surface area contributed by atoms with Gasteiger partial charge in [-0.1, -0.05) is 18.2 Å². The van der Waals surface area contributed by atoms with Crippen LogP contribution >= 0.6 is 0 Å². The van der Waals surface area contributed by atoms with Crippen molar-refractivity contribution in [2.45, 2.75) is 26.0 Å². The molecule has 0 fully saturated rings. The fraction of sp³-hybridized carbons (Fsp3) is 0.353. The first-order chi connectivity index (χ1) is 11.7. The van der Waals surface area contributed by atoms with E-state index in [1.807, 2.05) is 37.3 Å². The zero-order chi connectivity index (χ0) is 16.9. The lowest BCUT2D eigenvalue weighted by molar-refractivity contribution is 0.0791. The molecule has 1 atom stereocenters. The van der Waals surface area contributed by atoms with Gasteiger partial charge in [0.1, 0.15) is 12.7 Å². The van der Waals surface area contributed by atoms with Crippen LogP contribution in [0.2, 0.25) is 0 Å². The molecule has 126 valence electrons. The van der Waals surface area contributed by atoms with Gasteiger partial charge in [-0.2, -0.15) is 0 Å². The minimum atomic E-state index is -0.662. The number of ether oxygens (including phenoxy) is 1. The average Bonchev–Trinajstić information content (AvgIpc) is 3.03. The third kappa shape index (κ3) is 3.37. The molecule has 0 spiro atoms. The minimum Gasteiger partial charge on any atom is -0.391 e. The SMILES string of the molecule is CCOCCC(O)Cn1cnc2c(ncn2-c2ccccc2)c1=O. The van der Waals surface area contributed by atoms with Crippen LogP contribution in [0.15, 0.2) is 47.8 Å². The maximum atomic E-state index is 12.5. The first-order valence-corrected chi connectivity index (χ1v) is 7.94. The number of rotatable bonds is 7. The van der Waals surface area contributed by atoms with Gasteiger partial charge in [0.2, 0.25) is 0 Å². The standard InChI is InChI=1S/C17H20N4O3/c1-2-24-9-8-14(22)10-20-11-19-16-15(17(20)23)18-12-21(16)13-6-4-3-5-7-13/h3-7,11-12,14,22H,2,8-10H2,1H3. The van der Waals surface area contributed by atoms with Gasteiger partial charge >= 0.3 is 0 Å². The topological polar surface area (TPSA) is 82.2 Å². The molecule has 2 heterocycles. The predicted octanol–water partition coefficient (Wildman–Crippen LogP) is 1.37. The van der Waals surface area contributed by atoms with Gasteiger partial charge < -0.3 is 9.84 Å². The van der Waals surface area contributed by atoms with Crippen molar-refractivity contribution in [3.8, 4) is 5.69 Å². The van der Waals surface area contributed by atoms with Crippen molar-refractivity contribution < 1.29 is 9.84 Å². The van der Waals surface area contributed by atoms with Crippen molar-refractivity contribution in [1.82, 2.24) is 19.1 Å². The van der Waals surface area contributed by atoms with Crippen molar-refractivity contribution in [2.24, 2.45) is 0 Å². The van der Waals surface area contributed by atoms with Crippen molar-refractivity contribution in [1.29, 1.82) is 0 Å². The summed E-state index contributed by atoms with van der Waals surface area (Å²) >= 11 is 0. The molecule has 0 saturated heterocycles. The van der Waals surface area contributed by atoms with E-state index in [4.69, 9.17) is 4.74 Å². The number of hydrogen-bond donors (Lipinski definition) is 1. The molecular weight excluding hydrogens is 308 g/mol. The van der Waals surface area contributed by atoms with E-state index in [1.165, 1.54) is 10.9 Å². The normalized spacial score (nSPS) is 12.6. The van der Waals surface area contributed by atoms with Gasteiger partial charge in [-0.05, 0) is 25.5 Å². The summed E-state index contributed by atoms with van der Waals surface area (Å²) in [4.78, 5) is 21.1. The van der Waals surface area contributed by atoms with E-state index in [0.717, 1.165) is 5.69 Å². The smallest absolute Gasteiger partial charge is 0.281 e. The molecule has 0 amide bonds. The summed E-state index contributed by atoms with van der Waals surface area (Å²) in [6, 6.07) is 9.60. The van der Waals surface area contributed by atoms with Crippen LogP contribution < -0.4 is 5.56 Å². The second kappa shape index (κ2) is 7.37. The monoisotopic (exact) mass is 328 g/mol. The van der Waals surface area contributed by atoms with Gasteiger partial charge in [0.05, 0.1) is 12.6 Å². The van der Waals surface area contributed by atoms with Gasteiger partial charge in [-0.3, -0.25) is 13.9 Å². The molecule has 2 aromatic heterocycles. The van der Waals surface area contributed by atoms with E-state index in [-0.39, 0.29) is 12.1 Å². The van der Waals surface area contributed by atoms with Crippen LogP contribution in [0.3, 0.4) is 0 Å².